The molecular formula is C17H15N5O2S2. The van der Waals surface area contributed by atoms with Crippen LogP contribution in [0.1, 0.15) is 23.2 Å². The minimum absolute atomic E-state index is 0.248. The van der Waals surface area contributed by atoms with Gasteiger partial charge in [0.05, 0.1) is 27.2 Å². The first-order valence-corrected chi connectivity index (χ1v) is 9.42. The standard InChI is InChI=1S/C17H15N5O2S2/c1-9-14(26-11(3)19-9)16-21-22-17(24-16)25-10(2)15(23)20-13-7-5-4-6-12(13)8-18/h4-7,10H,1-3H3,(H,20,23). The first kappa shape index (κ1) is 18.1. The summed E-state index contributed by atoms with van der Waals surface area (Å²) in [6.07, 6.45) is 0. The Balaban J connectivity index is 1.68. The average Bonchev–Trinajstić information content (AvgIpc) is 3.21. The predicted molar refractivity (Wildman–Crippen MR) is 100.0 cm³/mol. The molecule has 2 aromatic heterocycles. The second-order valence-electron chi connectivity index (χ2n) is 5.43. The molecule has 9 heteroatoms. The van der Waals surface area contributed by atoms with E-state index in [1.807, 2.05) is 13.8 Å². The number of anilines is 1. The van der Waals surface area contributed by atoms with Crippen molar-refractivity contribution >= 4 is 34.7 Å². The third-order valence-electron chi connectivity index (χ3n) is 3.46. The predicted octanol–water partition coefficient (Wildman–Crippen LogP) is 3.80. The molecule has 7 nitrogen and oxygen atoms in total. The molecule has 26 heavy (non-hydrogen) atoms. The molecule has 132 valence electrons. The van der Waals surface area contributed by atoms with Crippen LogP contribution in [0.3, 0.4) is 0 Å². The third-order valence-corrected chi connectivity index (χ3v) is 5.45. The molecule has 0 aliphatic carbocycles. The highest BCUT2D eigenvalue weighted by atomic mass is 32.2. The van der Waals surface area contributed by atoms with Gasteiger partial charge in [-0.25, -0.2) is 4.98 Å². The lowest BCUT2D eigenvalue weighted by atomic mass is 10.2. The number of thiazole rings is 1. The third kappa shape index (κ3) is 3.92. The quantitative estimate of drug-likeness (QED) is 0.666. The molecule has 2 heterocycles. The van der Waals surface area contributed by atoms with E-state index in [9.17, 15) is 4.79 Å². The van der Waals surface area contributed by atoms with E-state index in [4.69, 9.17) is 9.68 Å². The van der Waals surface area contributed by atoms with Crippen LogP contribution in [0.25, 0.3) is 10.8 Å². The fourth-order valence-electron chi connectivity index (χ4n) is 2.21. The molecule has 0 aliphatic heterocycles. The number of aryl methyl sites for hydroxylation is 2. The van der Waals surface area contributed by atoms with Gasteiger partial charge in [0, 0.05) is 0 Å². The molecule has 1 N–H and O–H groups in total. The number of carbonyl (C=O) groups excluding carboxylic acids is 1. The van der Waals surface area contributed by atoms with Crippen molar-refractivity contribution < 1.29 is 9.21 Å². The van der Waals surface area contributed by atoms with E-state index in [0.29, 0.717) is 22.4 Å². The molecule has 0 saturated carbocycles. The molecule has 3 rings (SSSR count). The highest BCUT2D eigenvalue weighted by Gasteiger charge is 2.21. The number of nitriles is 1. The zero-order valence-electron chi connectivity index (χ0n) is 14.3. The summed E-state index contributed by atoms with van der Waals surface area (Å²) in [7, 11) is 0. The lowest BCUT2D eigenvalue weighted by Crippen LogP contribution is -2.22. The Hall–Kier alpha value is -2.70. The van der Waals surface area contributed by atoms with Gasteiger partial charge in [-0.2, -0.15) is 5.26 Å². The van der Waals surface area contributed by atoms with E-state index in [-0.39, 0.29) is 5.91 Å². The second kappa shape index (κ2) is 7.68. The van der Waals surface area contributed by atoms with E-state index in [1.165, 1.54) is 11.3 Å². The number of nitrogens with one attached hydrogen (secondary N) is 1. The van der Waals surface area contributed by atoms with Crippen molar-refractivity contribution in [1.29, 1.82) is 5.26 Å². The first-order valence-electron chi connectivity index (χ1n) is 7.72. The SMILES string of the molecule is Cc1nc(C)c(-c2nnc(SC(C)C(=O)Nc3ccccc3C#N)o2)s1. The van der Waals surface area contributed by atoms with Gasteiger partial charge in [-0.1, -0.05) is 23.9 Å². The normalized spacial score (nSPS) is 11.8. The zero-order chi connectivity index (χ0) is 18.7. The highest BCUT2D eigenvalue weighted by molar-refractivity contribution is 8.00. The number of benzene rings is 1. The molecule has 0 aliphatic rings. The zero-order valence-corrected chi connectivity index (χ0v) is 15.9. The number of rotatable bonds is 5. The van der Waals surface area contributed by atoms with Crippen molar-refractivity contribution in [2.75, 3.05) is 5.32 Å². The van der Waals surface area contributed by atoms with Crippen molar-refractivity contribution in [3.8, 4) is 16.8 Å². The summed E-state index contributed by atoms with van der Waals surface area (Å²) in [6, 6.07) is 8.90. The van der Waals surface area contributed by atoms with E-state index in [2.05, 4.69) is 26.6 Å². The molecule has 0 bridgehead atoms. The van der Waals surface area contributed by atoms with Crippen molar-refractivity contribution in [2.24, 2.45) is 0 Å². The molecule has 1 unspecified atom stereocenters. The maximum absolute atomic E-state index is 12.4. The lowest BCUT2D eigenvalue weighted by Gasteiger charge is -2.10. The van der Waals surface area contributed by atoms with Crippen LogP contribution in [0.4, 0.5) is 5.69 Å². The smallest absolute Gasteiger partial charge is 0.277 e. The minimum atomic E-state index is -0.473. The van der Waals surface area contributed by atoms with E-state index in [1.54, 1.807) is 31.2 Å². The molecule has 0 radical (unpaired) electrons. The number of aromatic nitrogens is 3. The van der Waals surface area contributed by atoms with Crippen LogP contribution in [0.5, 0.6) is 0 Å². The van der Waals surface area contributed by atoms with E-state index >= 15 is 0 Å². The Morgan fingerprint density at radius 2 is 2.12 bits per heavy atom. The second-order valence-corrected chi connectivity index (χ2v) is 7.92. The molecule has 0 saturated heterocycles. The van der Waals surface area contributed by atoms with Gasteiger partial charge in [0.2, 0.25) is 5.91 Å². The van der Waals surface area contributed by atoms with Gasteiger partial charge < -0.3 is 9.73 Å². The van der Waals surface area contributed by atoms with Crippen LogP contribution in [-0.4, -0.2) is 26.3 Å². The summed E-state index contributed by atoms with van der Waals surface area (Å²) in [4.78, 5) is 17.6. The van der Waals surface area contributed by atoms with Crippen LogP contribution in [0, 0.1) is 25.2 Å². The molecular weight excluding hydrogens is 370 g/mol. The Kier molecular flexibility index (Phi) is 5.35. The largest absolute Gasteiger partial charge is 0.410 e. The van der Waals surface area contributed by atoms with Gasteiger partial charge in [-0.3, -0.25) is 4.79 Å². The summed E-state index contributed by atoms with van der Waals surface area (Å²) in [5.74, 6) is 0.153. The number of hydrogen-bond acceptors (Lipinski definition) is 8. The number of para-hydroxylation sites is 1. The fourth-order valence-corrected chi connectivity index (χ4v) is 3.73. The number of nitrogens with zero attached hydrogens (tertiary/aromatic N) is 4. The summed E-state index contributed by atoms with van der Waals surface area (Å²) in [6.45, 7) is 5.54. The van der Waals surface area contributed by atoms with Gasteiger partial charge in [-0.15, -0.1) is 21.5 Å². The summed E-state index contributed by atoms with van der Waals surface area (Å²) < 4.78 is 5.66. The van der Waals surface area contributed by atoms with Crippen LogP contribution >= 0.6 is 23.1 Å². The molecule has 0 spiro atoms. The Bertz CT molecular complexity index is 989. The Labute approximate surface area is 158 Å². The van der Waals surface area contributed by atoms with E-state index in [0.717, 1.165) is 27.3 Å². The van der Waals surface area contributed by atoms with Crippen LogP contribution in [-0.2, 0) is 4.79 Å². The molecule has 1 aromatic carbocycles. The van der Waals surface area contributed by atoms with Gasteiger partial charge in [0.15, 0.2) is 0 Å². The molecule has 3 aromatic rings. The summed E-state index contributed by atoms with van der Waals surface area (Å²) in [5.41, 5.74) is 1.73. The van der Waals surface area contributed by atoms with Crippen LogP contribution in [0.2, 0.25) is 0 Å². The van der Waals surface area contributed by atoms with Crippen molar-refractivity contribution in [3.05, 3.63) is 40.5 Å². The highest BCUT2D eigenvalue weighted by Crippen LogP contribution is 2.31. The molecule has 0 fully saturated rings. The monoisotopic (exact) mass is 385 g/mol. The van der Waals surface area contributed by atoms with Crippen molar-refractivity contribution in [3.63, 3.8) is 0 Å². The summed E-state index contributed by atoms with van der Waals surface area (Å²) >= 11 is 2.65. The van der Waals surface area contributed by atoms with Crippen molar-refractivity contribution in [1.82, 2.24) is 15.2 Å². The number of amides is 1. The molecule has 1 atom stereocenters. The van der Waals surface area contributed by atoms with Gasteiger partial charge in [0.1, 0.15) is 10.9 Å². The lowest BCUT2D eigenvalue weighted by molar-refractivity contribution is -0.115. The van der Waals surface area contributed by atoms with Crippen molar-refractivity contribution in [2.45, 2.75) is 31.2 Å². The Morgan fingerprint density at radius 1 is 1.35 bits per heavy atom. The fraction of sp³-hybridized carbons (Fsp3) is 0.235. The first-order chi connectivity index (χ1) is 12.5. The maximum atomic E-state index is 12.4. The minimum Gasteiger partial charge on any atom is -0.410 e. The number of carbonyl (C=O) groups is 1. The summed E-state index contributed by atoms with van der Waals surface area (Å²) in [5, 5.41) is 20.6. The van der Waals surface area contributed by atoms with Crippen LogP contribution in [0.15, 0.2) is 33.9 Å². The number of thioether (sulfide) groups is 1. The number of hydrogen-bond donors (Lipinski definition) is 1. The maximum Gasteiger partial charge on any atom is 0.277 e. The molecule has 1 amide bonds. The van der Waals surface area contributed by atoms with Crippen LogP contribution < -0.4 is 5.32 Å². The topological polar surface area (TPSA) is 105 Å². The average molecular weight is 385 g/mol. The van der Waals surface area contributed by atoms with E-state index < -0.39 is 5.25 Å². The Morgan fingerprint density at radius 3 is 2.81 bits per heavy atom. The van der Waals surface area contributed by atoms with Gasteiger partial charge in [0.25, 0.3) is 11.1 Å². The van der Waals surface area contributed by atoms with Gasteiger partial charge >= 0.3 is 0 Å². The van der Waals surface area contributed by atoms with Gasteiger partial charge in [-0.05, 0) is 32.9 Å².